The van der Waals surface area contributed by atoms with Crippen molar-refractivity contribution >= 4 is 12.0 Å². The number of aliphatic hydroxyl groups is 1. The first kappa shape index (κ1) is 30.7. The number of carbonyl (C=O) groups excluding carboxylic acids is 1. The Labute approximate surface area is 237 Å². The van der Waals surface area contributed by atoms with E-state index in [-0.39, 0.29) is 30.3 Å². The summed E-state index contributed by atoms with van der Waals surface area (Å²) in [5.74, 6) is 0.0384. The highest BCUT2D eigenvalue weighted by atomic mass is 16.5. The average molecular weight is 547 g/mol. The third-order valence-corrected chi connectivity index (χ3v) is 7.13. The molecule has 1 unspecified atom stereocenters. The molecule has 4 N–H and O–H groups in total. The lowest BCUT2D eigenvalue weighted by Gasteiger charge is -2.41. The molecule has 4 atom stereocenters. The van der Waals surface area contributed by atoms with Gasteiger partial charge in [-0.2, -0.15) is 0 Å². The van der Waals surface area contributed by atoms with Gasteiger partial charge in [0, 0.05) is 12.0 Å². The highest BCUT2D eigenvalue weighted by molar-refractivity contribution is 5.78. The number of rotatable bonds is 12. The van der Waals surface area contributed by atoms with Crippen LogP contribution in [0.4, 0.5) is 4.79 Å². The molecule has 0 bridgehead atoms. The zero-order chi connectivity index (χ0) is 29.3. The molecule has 3 aromatic carbocycles. The fraction of sp³-hybridized carbons (Fsp3) is 0.394. The summed E-state index contributed by atoms with van der Waals surface area (Å²) in [5.41, 5.74) is 3.45. The highest BCUT2D eigenvalue weighted by Gasteiger charge is 2.39. The standard InChI is InChI=1S/C33H42N2O5/c1-22-13-12-14-23(2)31(22)40-21-28(37)35-30(29(33(3,4)5)25-17-10-7-11-18-25)27(36)20-26(34-32(38)39)19-24-15-8-6-9-16-24/h6-18,26-27,29-30,34,36H,19-21H2,1-5H3,(H,35,37)(H,38,39)/t26-,27-,29?,30+/m0/s1. The van der Waals surface area contributed by atoms with Crippen molar-refractivity contribution in [1.29, 1.82) is 0 Å². The van der Waals surface area contributed by atoms with Gasteiger partial charge in [0.15, 0.2) is 6.61 Å². The Hall–Kier alpha value is -3.84. The topological polar surface area (TPSA) is 108 Å². The second kappa shape index (κ2) is 14.0. The van der Waals surface area contributed by atoms with E-state index in [9.17, 15) is 19.8 Å². The van der Waals surface area contributed by atoms with Crippen molar-refractivity contribution in [2.75, 3.05) is 6.61 Å². The van der Waals surface area contributed by atoms with E-state index in [2.05, 4.69) is 31.4 Å². The molecule has 7 nitrogen and oxygen atoms in total. The third-order valence-electron chi connectivity index (χ3n) is 7.13. The van der Waals surface area contributed by atoms with Gasteiger partial charge in [0.05, 0.1) is 12.1 Å². The van der Waals surface area contributed by atoms with E-state index in [0.29, 0.717) is 12.2 Å². The van der Waals surface area contributed by atoms with Crippen LogP contribution in [-0.2, 0) is 11.2 Å². The Kier molecular flexibility index (Phi) is 10.7. The van der Waals surface area contributed by atoms with Gasteiger partial charge in [-0.15, -0.1) is 0 Å². The smallest absolute Gasteiger partial charge is 0.404 e. The fourth-order valence-electron chi connectivity index (χ4n) is 5.40. The predicted molar refractivity (Wildman–Crippen MR) is 158 cm³/mol. The number of para-hydroxylation sites is 1. The number of nitrogens with one attached hydrogen (secondary N) is 2. The molecule has 7 heteroatoms. The van der Waals surface area contributed by atoms with Crippen LogP contribution < -0.4 is 15.4 Å². The molecule has 3 rings (SSSR count). The lowest BCUT2D eigenvalue weighted by atomic mass is 9.70. The van der Waals surface area contributed by atoms with E-state index < -0.39 is 24.3 Å². The van der Waals surface area contributed by atoms with Crippen molar-refractivity contribution in [2.45, 2.75) is 71.6 Å². The maximum absolute atomic E-state index is 13.3. The Morgan fingerprint density at radius 2 is 1.43 bits per heavy atom. The minimum Gasteiger partial charge on any atom is -0.483 e. The maximum atomic E-state index is 13.3. The minimum atomic E-state index is -1.16. The van der Waals surface area contributed by atoms with Crippen LogP contribution in [0.1, 0.15) is 55.4 Å². The second-order valence-electron chi connectivity index (χ2n) is 11.5. The van der Waals surface area contributed by atoms with Crippen LogP contribution in [0.15, 0.2) is 78.9 Å². The van der Waals surface area contributed by atoms with Gasteiger partial charge >= 0.3 is 6.09 Å². The molecular weight excluding hydrogens is 504 g/mol. The molecule has 3 aromatic rings. The quantitative estimate of drug-likeness (QED) is 0.236. The summed E-state index contributed by atoms with van der Waals surface area (Å²) in [4.78, 5) is 25.0. The number of aliphatic hydroxyl groups excluding tert-OH is 1. The fourth-order valence-corrected chi connectivity index (χ4v) is 5.40. The van der Waals surface area contributed by atoms with E-state index in [0.717, 1.165) is 22.3 Å². The molecule has 0 aliphatic rings. The molecule has 2 amide bonds. The number of aryl methyl sites for hydroxylation is 2. The van der Waals surface area contributed by atoms with Crippen molar-refractivity contribution in [1.82, 2.24) is 10.6 Å². The average Bonchev–Trinajstić information content (AvgIpc) is 2.88. The van der Waals surface area contributed by atoms with Crippen LogP contribution in [0, 0.1) is 19.3 Å². The van der Waals surface area contributed by atoms with Gasteiger partial charge in [-0.3, -0.25) is 4.79 Å². The molecule has 0 aliphatic heterocycles. The first-order chi connectivity index (χ1) is 19.0. The van der Waals surface area contributed by atoms with E-state index in [1.165, 1.54) is 0 Å². The number of hydrogen-bond donors (Lipinski definition) is 4. The second-order valence-corrected chi connectivity index (χ2v) is 11.5. The summed E-state index contributed by atoms with van der Waals surface area (Å²) in [6.07, 6.45) is -1.68. The minimum absolute atomic E-state index is 0.114. The van der Waals surface area contributed by atoms with Crippen molar-refractivity contribution in [3.05, 3.63) is 101 Å². The van der Waals surface area contributed by atoms with Crippen molar-refractivity contribution in [3.8, 4) is 5.75 Å². The summed E-state index contributed by atoms with van der Waals surface area (Å²) in [7, 11) is 0. The third kappa shape index (κ3) is 8.85. The van der Waals surface area contributed by atoms with E-state index in [4.69, 9.17) is 4.74 Å². The lowest BCUT2D eigenvalue weighted by Crippen LogP contribution is -2.53. The Morgan fingerprint density at radius 1 is 0.850 bits per heavy atom. The monoisotopic (exact) mass is 546 g/mol. The molecule has 0 saturated heterocycles. The van der Waals surface area contributed by atoms with Gasteiger partial charge in [-0.25, -0.2) is 4.79 Å². The molecular formula is C33H42N2O5. The van der Waals surface area contributed by atoms with Crippen LogP contribution >= 0.6 is 0 Å². The van der Waals surface area contributed by atoms with Crippen LogP contribution in [0.3, 0.4) is 0 Å². The number of benzene rings is 3. The summed E-state index contributed by atoms with van der Waals surface area (Å²) >= 11 is 0. The Bertz CT molecular complexity index is 1220. The van der Waals surface area contributed by atoms with Crippen LogP contribution in [0.5, 0.6) is 5.75 Å². The lowest BCUT2D eigenvalue weighted by molar-refractivity contribution is -0.125. The molecule has 0 fully saturated rings. The first-order valence-electron chi connectivity index (χ1n) is 13.7. The molecule has 40 heavy (non-hydrogen) atoms. The van der Waals surface area contributed by atoms with Crippen molar-refractivity contribution in [2.24, 2.45) is 5.41 Å². The molecule has 0 radical (unpaired) electrons. The van der Waals surface area contributed by atoms with E-state index >= 15 is 0 Å². The Balaban J connectivity index is 1.89. The van der Waals surface area contributed by atoms with Gasteiger partial charge < -0.3 is 25.6 Å². The SMILES string of the molecule is Cc1cccc(C)c1OCC(=O)N[C@@H](C(c1ccccc1)C(C)(C)C)[C@@H](O)C[C@H](Cc1ccccc1)NC(=O)O. The molecule has 0 spiro atoms. The summed E-state index contributed by atoms with van der Waals surface area (Å²) in [5, 5.41) is 26.8. The zero-order valence-corrected chi connectivity index (χ0v) is 24.1. The Morgan fingerprint density at radius 3 is 1.98 bits per heavy atom. The summed E-state index contributed by atoms with van der Waals surface area (Å²) in [6.45, 7) is 9.86. The van der Waals surface area contributed by atoms with Gasteiger partial charge in [0.25, 0.3) is 5.91 Å². The molecule has 214 valence electrons. The summed E-state index contributed by atoms with van der Waals surface area (Å²) in [6, 6.07) is 23.9. The van der Waals surface area contributed by atoms with Gasteiger partial charge in [0.2, 0.25) is 0 Å². The number of ether oxygens (including phenoxy) is 1. The highest BCUT2D eigenvalue weighted by Crippen LogP contribution is 2.39. The van der Waals surface area contributed by atoms with Crippen molar-refractivity contribution < 1.29 is 24.5 Å². The molecule has 0 aromatic heterocycles. The first-order valence-corrected chi connectivity index (χ1v) is 13.7. The number of carboxylic acid groups (broad SMARTS) is 1. The van der Waals surface area contributed by atoms with Gasteiger partial charge in [-0.1, -0.05) is 99.6 Å². The van der Waals surface area contributed by atoms with E-state index in [1.807, 2.05) is 92.7 Å². The van der Waals surface area contributed by atoms with E-state index in [1.54, 1.807) is 0 Å². The zero-order valence-electron chi connectivity index (χ0n) is 24.1. The van der Waals surface area contributed by atoms with Crippen LogP contribution in [0.25, 0.3) is 0 Å². The predicted octanol–water partition coefficient (Wildman–Crippen LogP) is 5.63. The molecule has 0 aliphatic carbocycles. The normalized spacial score (nSPS) is 14.4. The van der Waals surface area contributed by atoms with Crippen LogP contribution in [0.2, 0.25) is 0 Å². The van der Waals surface area contributed by atoms with Gasteiger partial charge in [0.1, 0.15) is 5.75 Å². The largest absolute Gasteiger partial charge is 0.483 e. The maximum Gasteiger partial charge on any atom is 0.404 e. The summed E-state index contributed by atoms with van der Waals surface area (Å²) < 4.78 is 5.91. The number of hydrogen-bond acceptors (Lipinski definition) is 4. The van der Waals surface area contributed by atoms with Gasteiger partial charge in [-0.05, 0) is 54.4 Å². The number of carbonyl (C=O) groups is 2. The number of amides is 2. The molecule has 0 heterocycles. The van der Waals surface area contributed by atoms with Crippen molar-refractivity contribution in [3.63, 3.8) is 0 Å². The molecule has 0 saturated carbocycles. The van der Waals surface area contributed by atoms with Crippen LogP contribution in [-0.4, -0.2) is 47.0 Å².